The Hall–Kier alpha value is -4.18. The predicted molar refractivity (Wildman–Crippen MR) is 147 cm³/mol. The van der Waals surface area contributed by atoms with Gasteiger partial charge in [-0.3, -0.25) is 4.79 Å². The van der Waals surface area contributed by atoms with Gasteiger partial charge in [-0.25, -0.2) is 13.6 Å². The van der Waals surface area contributed by atoms with Crippen LogP contribution in [-0.4, -0.2) is 44.4 Å². The maximum absolute atomic E-state index is 15.0. The molecule has 1 saturated heterocycles. The van der Waals surface area contributed by atoms with Crippen molar-refractivity contribution < 1.29 is 42.1 Å². The van der Waals surface area contributed by atoms with Crippen molar-refractivity contribution in [3.63, 3.8) is 0 Å². The second-order valence-corrected chi connectivity index (χ2v) is 10.7. The van der Waals surface area contributed by atoms with Crippen LogP contribution in [0.1, 0.15) is 64.9 Å². The molecule has 2 fully saturated rings. The fraction of sp³-hybridized carbons (Fsp3) is 0.375. The predicted octanol–water partition coefficient (Wildman–Crippen LogP) is 5.73. The molecule has 3 aromatic carbocycles. The third kappa shape index (κ3) is 5.38. The minimum absolute atomic E-state index is 0.0336. The first kappa shape index (κ1) is 28.0. The Kier molecular flexibility index (Phi) is 7.49. The van der Waals surface area contributed by atoms with Gasteiger partial charge in [0, 0.05) is 6.04 Å². The number of ether oxygens (including phenoxy) is 5. The summed E-state index contributed by atoms with van der Waals surface area (Å²) in [6.45, 7) is 2.01. The number of hydrogen-bond donors (Lipinski definition) is 1. The van der Waals surface area contributed by atoms with Gasteiger partial charge in [0.15, 0.2) is 11.5 Å². The minimum atomic E-state index is -3.19. The van der Waals surface area contributed by atoms with Gasteiger partial charge < -0.3 is 29.0 Å². The number of nitrogens with one attached hydrogen (secondary N) is 1. The number of hydrogen-bond acceptors (Lipinski definition) is 7. The van der Waals surface area contributed by atoms with Crippen LogP contribution in [0.4, 0.5) is 8.78 Å². The molecular formula is C32H31F2NO7. The highest BCUT2D eigenvalue weighted by Crippen LogP contribution is 2.62. The zero-order chi connectivity index (χ0) is 29.4. The Balaban J connectivity index is 1.23. The number of alkyl halides is 2. The summed E-state index contributed by atoms with van der Waals surface area (Å²) in [4.78, 5) is 25.7. The molecule has 3 aromatic rings. The summed E-state index contributed by atoms with van der Waals surface area (Å²) in [5.74, 6) is -5.57. The number of carbonyl (C=O) groups excluding carboxylic acids is 2. The molecule has 0 bridgehead atoms. The Bertz CT molecular complexity index is 1500. The van der Waals surface area contributed by atoms with Crippen molar-refractivity contribution in [2.75, 3.05) is 20.5 Å². The van der Waals surface area contributed by atoms with E-state index < -0.39 is 47.9 Å². The van der Waals surface area contributed by atoms with Gasteiger partial charge in [-0.15, -0.1) is 0 Å². The van der Waals surface area contributed by atoms with Gasteiger partial charge in [0.2, 0.25) is 12.7 Å². The average molecular weight is 580 g/mol. The number of carbonyl (C=O) groups is 2. The van der Waals surface area contributed by atoms with E-state index in [-0.39, 0.29) is 13.4 Å². The van der Waals surface area contributed by atoms with E-state index in [1.54, 1.807) is 44.4 Å². The van der Waals surface area contributed by atoms with Crippen molar-refractivity contribution >= 4 is 11.9 Å². The van der Waals surface area contributed by atoms with Gasteiger partial charge in [-0.05, 0) is 72.9 Å². The first-order chi connectivity index (χ1) is 20.3. The zero-order valence-electron chi connectivity index (χ0n) is 23.2. The van der Waals surface area contributed by atoms with Crippen LogP contribution in [0.15, 0.2) is 66.7 Å². The lowest BCUT2D eigenvalue weighted by molar-refractivity contribution is -0.127. The molecule has 2 aliphatic heterocycles. The smallest absolute Gasteiger partial charge is 0.338 e. The molecule has 0 spiro atoms. The third-order valence-corrected chi connectivity index (χ3v) is 8.00. The van der Waals surface area contributed by atoms with E-state index in [9.17, 15) is 9.59 Å². The summed E-state index contributed by atoms with van der Waals surface area (Å²) in [7, 11) is 1.57. The SMILES string of the molecule is CCOC(=O)c1cccc([C@H]2C[C@@H](NC(=O)C3C(c4ccc5c(c4)OCO5)C3(F)F)C[C@@H](c3cccc(OC)c3)O2)c1. The molecule has 2 unspecified atom stereocenters. The minimum Gasteiger partial charge on any atom is -0.497 e. The third-order valence-electron chi connectivity index (χ3n) is 8.00. The molecule has 42 heavy (non-hydrogen) atoms. The average Bonchev–Trinajstić information content (AvgIpc) is 3.31. The van der Waals surface area contributed by atoms with Crippen LogP contribution in [0.2, 0.25) is 0 Å². The van der Waals surface area contributed by atoms with Gasteiger partial charge >= 0.3 is 5.97 Å². The molecule has 220 valence electrons. The van der Waals surface area contributed by atoms with Crippen molar-refractivity contribution in [1.82, 2.24) is 5.32 Å². The van der Waals surface area contributed by atoms with E-state index in [0.717, 1.165) is 11.1 Å². The van der Waals surface area contributed by atoms with Crippen molar-refractivity contribution in [2.24, 2.45) is 5.92 Å². The van der Waals surface area contributed by atoms with E-state index in [2.05, 4.69) is 5.32 Å². The molecule has 0 aromatic heterocycles. The van der Waals surface area contributed by atoms with Gasteiger partial charge in [0.05, 0.1) is 37.4 Å². The zero-order valence-corrected chi connectivity index (χ0v) is 23.2. The van der Waals surface area contributed by atoms with Crippen LogP contribution in [0.5, 0.6) is 17.2 Å². The highest BCUT2D eigenvalue weighted by Gasteiger charge is 2.72. The van der Waals surface area contributed by atoms with Crippen molar-refractivity contribution in [3.8, 4) is 17.2 Å². The van der Waals surface area contributed by atoms with Gasteiger partial charge in [-0.1, -0.05) is 30.3 Å². The normalized spacial score (nSPS) is 25.4. The van der Waals surface area contributed by atoms with Gasteiger partial charge in [0.25, 0.3) is 5.92 Å². The molecule has 5 atom stereocenters. The summed E-state index contributed by atoms with van der Waals surface area (Å²) in [6.07, 6.45) is -0.260. The van der Waals surface area contributed by atoms with Crippen LogP contribution in [0.3, 0.4) is 0 Å². The molecule has 6 rings (SSSR count). The molecular weight excluding hydrogens is 548 g/mol. The highest BCUT2D eigenvalue weighted by atomic mass is 19.3. The second-order valence-electron chi connectivity index (χ2n) is 10.7. The molecule has 1 N–H and O–H groups in total. The Morgan fingerprint density at radius 2 is 1.64 bits per heavy atom. The second kappa shape index (κ2) is 11.2. The first-order valence-corrected chi connectivity index (χ1v) is 13.9. The standard InChI is InChI=1S/C32H31F2NO7/c1-3-39-31(37)21-8-4-6-18(12-21)25-15-22(16-26(42-25)19-7-5-9-23(13-19)38-2)35-30(36)29-28(32(29,33)34)20-10-11-24-27(14-20)41-17-40-24/h4-14,22,25-26,28-29H,3,15-17H2,1-2H3,(H,35,36)/t22-,25-,26+,28?,29?/m1/s1. The van der Waals surface area contributed by atoms with Crippen molar-refractivity contribution in [3.05, 3.63) is 89.0 Å². The van der Waals surface area contributed by atoms with Gasteiger partial charge in [-0.2, -0.15) is 0 Å². The Morgan fingerprint density at radius 3 is 2.38 bits per heavy atom. The van der Waals surface area contributed by atoms with E-state index >= 15 is 8.78 Å². The number of benzene rings is 3. The molecule has 10 heteroatoms. The molecule has 3 aliphatic rings. The number of rotatable bonds is 8. The summed E-state index contributed by atoms with van der Waals surface area (Å²) in [5.41, 5.74) is 2.27. The number of esters is 1. The first-order valence-electron chi connectivity index (χ1n) is 13.9. The number of halogens is 2. The molecule has 1 saturated carbocycles. The molecule has 1 amide bonds. The van der Waals surface area contributed by atoms with E-state index in [0.29, 0.717) is 41.2 Å². The van der Waals surface area contributed by atoms with Crippen LogP contribution >= 0.6 is 0 Å². The monoisotopic (exact) mass is 579 g/mol. The number of amides is 1. The molecule has 8 nitrogen and oxygen atoms in total. The number of methoxy groups -OCH3 is 1. The maximum atomic E-state index is 15.0. The molecule has 1 aliphatic carbocycles. The van der Waals surface area contributed by atoms with Crippen LogP contribution in [-0.2, 0) is 14.3 Å². The van der Waals surface area contributed by atoms with Crippen LogP contribution in [0, 0.1) is 5.92 Å². The van der Waals surface area contributed by atoms with E-state index in [1.807, 2.05) is 30.3 Å². The summed E-state index contributed by atoms with van der Waals surface area (Å²) < 4.78 is 57.7. The molecule has 2 heterocycles. The van der Waals surface area contributed by atoms with Gasteiger partial charge in [0.1, 0.15) is 11.7 Å². The summed E-state index contributed by atoms with van der Waals surface area (Å²) in [6, 6.07) is 18.6. The highest BCUT2D eigenvalue weighted by molar-refractivity contribution is 5.89. The summed E-state index contributed by atoms with van der Waals surface area (Å²) >= 11 is 0. The fourth-order valence-electron chi connectivity index (χ4n) is 5.86. The van der Waals surface area contributed by atoms with Crippen molar-refractivity contribution in [2.45, 2.75) is 49.9 Å². The maximum Gasteiger partial charge on any atom is 0.338 e. The van der Waals surface area contributed by atoms with Crippen LogP contribution in [0.25, 0.3) is 0 Å². The largest absolute Gasteiger partial charge is 0.497 e. The lowest BCUT2D eigenvalue weighted by Crippen LogP contribution is -2.42. The lowest BCUT2D eigenvalue weighted by atomic mass is 9.90. The number of fused-ring (bicyclic) bond motifs is 1. The lowest BCUT2D eigenvalue weighted by Gasteiger charge is -2.36. The Morgan fingerprint density at radius 1 is 0.929 bits per heavy atom. The molecule has 0 radical (unpaired) electrons. The fourth-order valence-corrected chi connectivity index (χ4v) is 5.86. The quantitative estimate of drug-likeness (QED) is 0.341. The Labute approximate surface area is 241 Å². The van der Waals surface area contributed by atoms with Crippen molar-refractivity contribution in [1.29, 1.82) is 0 Å². The topological polar surface area (TPSA) is 92.3 Å². The van der Waals surface area contributed by atoms with E-state index in [1.165, 1.54) is 6.07 Å². The van der Waals surface area contributed by atoms with E-state index in [4.69, 9.17) is 23.7 Å². The summed E-state index contributed by atoms with van der Waals surface area (Å²) in [5, 5.41) is 2.90. The van der Waals surface area contributed by atoms with Crippen LogP contribution < -0.4 is 19.5 Å².